The number of hydrogen-bond donors (Lipinski definition) is 1. The maximum absolute atomic E-state index is 12.4. The molecule has 0 radical (unpaired) electrons. The third kappa shape index (κ3) is 2.66. The van der Waals surface area contributed by atoms with E-state index >= 15 is 0 Å². The molecule has 0 aliphatic carbocycles. The van der Waals surface area contributed by atoms with E-state index in [0.717, 1.165) is 32.5 Å². The normalized spacial score (nSPS) is 17.8. The third-order valence-electron chi connectivity index (χ3n) is 3.56. The molecule has 2 rings (SSSR count). The minimum atomic E-state index is 0.0893. The third-order valence-corrected chi connectivity index (χ3v) is 3.56. The Balaban J connectivity index is 2.06. The zero-order chi connectivity index (χ0) is 13.0. The number of carbonyl (C=O) groups excluding carboxylic acids is 1. The number of benzene rings is 1. The molecule has 1 aromatic carbocycles. The minimum absolute atomic E-state index is 0.0893. The lowest BCUT2D eigenvalue weighted by molar-refractivity contribution is -0.135. The van der Waals surface area contributed by atoms with Crippen LogP contribution in [0.5, 0.6) is 0 Å². The molecule has 0 bridgehead atoms. The van der Waals surface area contributed by atoms with Crippen LogP contribution in [0.15, 0.2) is 24.3 Å². The van der Waals surface area contributed by atoms with Gasteiger partial charge in [-0.05, 0) is 31.4 Å². The Morgan fingerprint density at radius 3 is 2.89 bits per heavy atom. The summed E-state index contributed by atoms with van der Waals surface area (Å²) in [5.41, 5.74) is 2.44. The van der Waals surface area contributed by atoms with Gasteiger partial charge in [-0.25, -0.2) is 0 Å². The van der Waals surface area contributed by atoms with Crippen LogP contribution in [0.25, 0.3) is 0 Å². The second-order valence-corrected chi connectivity index (χ2v) is 4.86. The molecular formula is C15H22N2O. The van der Waals surface area contributed by atoms with Gasteiger partial charge in [0.25, 0.3) is 0 Å². The molecule has 0 fully saturated rings. The molecule has 1 amide bonds. The minimum Gasteiger partial charge on any atom is -0.384 e. The lowest BCUT2D eigenvalue weighted by Gasteiger charge is -2.30. The molecule has 3 nitrogen and oxygen atoms in total. The number of fused-ring (bicyclic) bond motifs is 1. The largest absolute Gasteiger partial charge is 0.384 e. The van der Waals surface area contributed by atoms with Crippen molar-refractivity contribution in [3.63, 3.8) is 0 Å². The number of carbonyl (C=O) groups is 1. The molecule has 1 N–H and O–H groups in total. The van der Waals surface area contributed by atoms with Crippen LogP contribution < -0.4 is 5.32 Å². The average Bonchev–Trinajstić information content (AvgIpc) is 2.43. The first-order valence-corrected chi connectivity index (χ1v) is 6.86. The van der Waals surface area contributed by atoms with E-state index in [0.29, 0.717) is 5.91 Å². The number of nitrogens with one attached hydrogen (secondary N) is 1. The molecule has 1 aliphatic heterocycles. The van der Waals surface area contributed by atoms with E-state index in [1.54, 1.807) is 0 Å². The monoisotopic (exact) mass is 246 g/mol. The summed E-state index contributed by atoms with van der Waals surface area (Å²) in [7, 11) is 0. The summed E-state index contributed by atoms with van der Waals surface area (Å²) in [6.45, 7) is 6.61. The number of nitrogens with zero attached hydrogens (tertiary/aromatic N) is 1. The van der Waals surface area contributed by atoms with Gasteiger partial charge in [0, 0.05) is 25.3 Å². The van der Waals surface area contributed by atoms with Crippen molar-refractivity contribution in [3.8, 4) is 0 Å². The molecule has 0 spiro atoms. The summed E-state index contributed by atoms with van der Waals surface area (Å²) in [5, 5.41) is 3.37. The van der Waals surface area contributed by atoms with Crippen LogP contribution in [0.1, 0.15) is 25.8 Å². The second kappa shape index (κ2) is 5.89. The Bertz CT molecular complexity index is 417. The molecule has 0 aromatic heterocycles. The van der Waals surface area contributed by atoms with E-state index in [1.165, 1.54) is 11.3 Å². The molecular weight excluding hydrogens is 224 g/mol. The topological polar surface area (TPSA) is 32.3 Å². The first kappa shape index (κ1) is 12.9. The van der Waals surface area contributed by atoms with E-state index < -0.39 is 0 Å². The Morgan fingerprint density at radius 2 is 2.17 bits per heavy atom. The lowest BCUT2D eigenvalue weighted by atomic mass is 9.93. The summed E-state index contributed by atoms with van der Waals surface area (Å²) in [4.78, 5) is 14.4. The van der Waals surface area contributed by atoms with Crippen LogP contribution in [0, 0.1) is 5.92 Å². The summed E-state index contributed by atoms with van der Waals surface area (Å²) >= 11 is 0. The summed E-state index contributed by atoms with van der Waals surface area (Å²) in [5.74, 6) is 0.382. The van der Waals surface area contributed by atoms with Crippen LogP contribution in [0.3, 0.4) is 0 Å². The van der Waals surface area contributed by atoms with Crippen LogP contribution in [0.2, 0.25) is 0 Å². The fourth-order valence-corrected chi connectivity index (χ4v) is 2.57. The zero-order valence-electron chi connectivity index (χ0n) is 11.3. The van der Waals surface area contributed by atoms with Crippen molar-refractivity contribution < 1.29 is 4.79 Å². The molecule has 1 aliphatic rings. The van der Waals surface area contributed by atoms with E-state index in [4.69, 9.17) is 0 Å². The van der Waals surface area contributed by atoms with E-state index in [2.05, 4.69) is 31.3 Å². The molecule has 1 heterocycles. The van der Waals surface area contributed by atoms with Crippen molar-refractivity contribution in [3.05, 3.63) is 29.8 Å². The average molecular weight is 246 g/mol. The van der Waals surface area contributed by atoms with Gasteiger partial charge >= 0.3 is 0 Å². The van der Waals surface area contributed by atoms with Crippen LogP contribution in [-0.4, -0.2) is 30.4 Å². The molecule has 1 unspecified atom stereocenters. The van der Waals surface area contributed by atoms with Gasteiger partial charge in [0.15, 0.2) is 0 Å². The van der Waals surface area contributed by atoms with Crippen molar-refractivity contribution in [2.24, 2.45) is 5.92 Å². The Kier molecular flexibility index (Phi) is 4.24. The fourth-order valence-electron chi connectivity index (χ4n) is 2.57. The predicted octanol–water partition coefficient (Wildman–Crippen LogP) is 2.53. The highest BCUT2D eigenvalue weighted by atomic mass is 16.2. The van der Waals surface area contributed by atoms with Gasteiger partial charge in [-0.1, -0.05) is 25.1 Å². The molecule has 1 aromatic rings. The van der Waals surface area contributed by atoms with Gasteiger partial charge in [0.2, 0.25) is 5.91 Å². The van der Waals surface area contributed by atoms with Crippen molar-refractivity contribution in [2.45, 2.75) is 26.7 Å². The van der Waals surface area contributed by atoms with E-state index in [1.807, 2.05) is 17.0 Å². The quantitative estimate of drug-likeness (QED) is 0.885. The van der Waals surface area contributed by atoms with Crippen molar-refractivity contribution in [1.82, 2.24) is 4.90 Å². The van der Waals surface area contributed by atoms with Gasteiger partial charge < -0.3 is 10.2 Å². The number of rotatable bonds is 4. The van der Waals surface area contributed by atoms with Crippen molar-refractivity contribution in [2.75, 3.05) is 25.0 Å². The molecule has 3 heteroatoms. The van der Waals surface area contributed by atoms with Crippen LogP contribution in [-0.2, 0) is 11.2 Å². The van der Waals surface area contributed by atoms with Gasteiger partial charge in [-0.2, -0.15) is 0 Å². The fraction of sp³-hybridized carbons (Fsp3) is 0.533. The van der Waals surface area contributed by atoms with E-state index in [9.17, 15) is 4.79 Å². The van der Waals surface area contributed by atoms with Gasteiger partial charge in [-0.15, -0.1) is 0 Å². The first-order chi connectivity index (χ1) is 8.76. The predicted molar refractivity (Wildman–Crippen MR) is 74.7 cm³/mol. The molecule has 1 atom stereocenters. The Hall–Kier alpha value is -1.51. The van der Waals surface area contributed by atoms with Gasteiger partial charge in [0.1, 0.15) is 0 Å². The highest BCUT2D eigenvalue weighted by Gasteiger charge is 2.27. The standard InChI is InChI=1S/C15H22N2O/c1-3-9-17(4-2)15(18)13-10-12-7-5-6-8-14(12)16-11-13/h5-8,13,16H,3-4,9-11H2,1-2H3. The van der Waals surface area contributed by atoms with E-state index in [-0.39, 0.29) is 5.92 Å². The number of anilines is 1. The zero-order valence-corrected chi connectivity index (χ0v) is 11.3. The maximum atomic E-state index is 12.4. The second-order valence-electron chi connectivity index (χ2n) is 4.86. The maximum Gasteiger partial charge on any atom is 0.227 e. The lowest BCUT2D eigenvalue weighted by Crippen LogP contribution is -2.41. The van der Waals surface area contributed by atoms with Crippen LogP contribution in [0.4, 0.5) is 5.69 Å². The van der Waals surface area contributed by atoms with Crippen molar-refractivity contribution in [1.29, 1.82) is 0 Å². The molecule has 0 saturated carbocycles. The highest BCUT2D eigenvalue weighted by molar-refractivity contribution is 5.81. The number of hydrogen-bond acceptors (Lipinski definition) is 2. The number of para-hydroxylation sites is 1. The van der Waals surface area contributed by atoms with Gasteiger partial charge in [0.05, 0.1) is 5.92 Å². The molecule has 18 heavy (non-hydrogen) atoms. The summed E-state index contributed by atoms with van der Waals surface area (Å²) in [6.07, 6.45) is 1.89. The number of amides is 1. The first-order valence-electron chi connectivity index (χ1n) is 6.86. The summed E-state index contributed by atoms with van der Waals surface area (Å²) < 4.78 is 0. The Labute approximate surface area is 109 Å². The Morgan fingerprint density at radius 1 is 1.39 bits per heavy atom. The van der Waals surface area contributed by atoms with Gasteiger partial charge in [-0.3, -0.25) is 4.79 Å². The SMILES string of the molecule is CCCN(CC)C(=O)C1CNc2ccccc2C1. The smallest absolute Gasteiger partial charge is 0.227 e. The molecule has 0 saturated heterocycles. The molecule has 98 valence electrons. The van der Waals surface area contributed by atoms with Crippen LogP contribution >= 0.6 is 0 Å². The summed E-state index contributed by atoms with van der Waals surface area (Å²) in [6, 6.07) is 8.26. The van der Waals surface area contributed by atoms with Crippen molar-refractivity contribution >= 4 is 11.6 Å². The highest BCUT2D eigenvalue weighted by Crippen LogP contribution is 2.25.